The third-order valence-electron chi connectivity index (χ3n) is 1.58. The molecule has 0 aromatic rings. The molecule has 0 aromatic carbocycles. The van der Waals surface area contributed by atoms with Crippen molar-refractivity contribution in [2.45, 2.75) is 12.8 Å². The maximum atomic E-state index is 8.63. The van der Waals surface area contributed by atoms with Crippen LogP contribution in [0.25, 0.3) is 0 Å². The molecular weight excluding hydrogens is 156 g/mol. The fraction of sp³-hybridized carbons (Fsp3) is 1.00. The van der Waals surface area contributed by atoms with Crippen LogP contribution in [0.4, 0.5) is 0 Å². The molecule has 1 aliphatic carbocycles. The van der Waals surface area contributed by atoms with Gasteiger partial charge in [-0.15, -0.1) is 0 Å². The zero-order valence-electron chi connectivity index (χ0n) is 4.15. The highest BCUT2D eigenvalue weighted by atomic mass is 79.9. The number of hydrogen-bond acceptors (Lipinski definition) is 1. The van der Waals surface area contributed by atoms with Crippen LogP contribution < -0.4 is 0 Å². The van der Waals surface area contributed by atoms with Gasteiger partial charge in [0, 0.05) is 17.4 Å². The summed E-state index contributed by atoms with van der Waals surface area (Å²) in [5, 5.41) is 9.60. The Hall–Kier alpha value is 0.440. The monoisotopic (exact) mass is 164 g/mol. The molecule has 0 spiro atoms. The zero-order valence-corrected chi connectivity index (χ0v) is 5.74. The second-order valence-corrected chi connectivity index (χ2v) is 2.85. The lowest BCUT2D eigenvalue weighted by Gasteiger charge is -2.02. The van der Waals surface area contributed by atoms with Gasteiger partial charge in [0.25, 0.3) is 0 Å². The predicted molar refractivity (Wildman–Crippen MR) is 32.5 cm³/mol. The minimum atomic E-state index is 0.306. The molecule has 1 N–H and O–H groups in total. The van der Waals surface area contributed by atoms with Crippen LogP contribution in [-0.2, 0) is 0 Å². The maximum absolute atomic E-state index is 8.63. The van der Waals surface area contributed by atoms with Crippen LogP contribution in [0.1, 0.15) is 12.8 Å². The SMILES string of the molecule is OCC1(CBr)CC1. The largest absolute Gasteiger partial charge is 0.396 e. The molecule has 0 unspecified atom stereocenters. The predicted octanol–water partition coefficient (Wildman–Crippen LogP) is 1.15. The van der Waals surface area contributed by atoms with Crippen molar-refractivity contribution in [2.75, 3.05) is 11.9 Å². The Morgan fingerprint density at radius 3 is 2.14 bits per heavy atom. The molecule has 1 nitrogen and oxygen atoms in total. The van der Waals surface area contributed by atoms with Gasteiger partial charge in [-0.25, -0.2) is 0 Å². The standard InChI is InChI=1S/C5H9BrO/c6-3-5(4-7)1-2-5/h7H,1-4H2. The number of alkyl halides is 1. The number of rotatable bonds is 2. The van der Waals surface area contributed by atoms with Gasteiger partial charge >= 0.3 is 0 Å². The van der Waals surface area contributed by atoms with Crippen LogP contribution >= 0.6 is 15.9 Å². The molecule has 0 saturated heterocycles. The molecular formula is C5H9BrO. The Kier molecular flexibility index (Phi) is 1.39. The van der Waals surface area contributed by atoms with E-state index in [1.165, 1.54) is 12.8 Å². The van der Waals surface area contributed by atoms with Gasteiger partial charge in [0.05, 0.1) is 0 Å². The number of aliphatic hydroxyl groups is 1. The molecule has 0 bridgehead atoms. The zero-order chi connectivity index (χ0) is 5.33. The van der Waals surface area contributed by atoms with E-state index in [0.29, 0.717) is 12.0 Å². The molecule has 2 heteroatoms. The quantitative estimate of drug-likeness (QED) is 0.608. The summed E-state index contributed by atoms with van der Waals surface area (Å²) in [6.45, 7) is 0.359. The molecule has 1 rings (SSSR count). The molecule has 0 aliphatic heterocycles. The van der Waals surface area contributed by atoms with Crippen molar-refractivity contribution < 1.29 is 5.11 Å². The lowest BCUT2D eigenvalue weighted by Crippen LogP contribution is -2.06. The lowest BCUT2D eigenvalue weighted by molar-refractivity contribution is 0.228. The van der Waals surface area contributed by atoms with Crippen LogP contribution in [0.5, 0.6) is 0 Å². The van der Waals surface area contributed by atoms with Gasteiger partial charge in [-0.05, 0) is 12.8 Å². The molecule has 0 amide bonds. The fourth-order valence-electron chi connectivity index (χ4n) is 0.511. The minimum absolute atomic E-state index is 0.306. The summed E-state index contributed by atoms with van der Waals surface area (Å²) in [6, 6.07) is 0. The molecule has 0 heterocycles. The van der Waals surface area contributed by atoms with Crippen molar-refractivity contribution in [1.82, 2.24) is 0 Å². The van der Waals surface area contributed by atoms with Crippen molar-refractivity contribution in [3.63, 3.8) is 0 Å². The maximum Gasteiger partial charge on any atom is 0.0495 e. The van der Waals surface area contributed by atoms with E-state index in [4.69, 9.17) is 5.11 Å². The molecule has 0 atom stereocenters. The third kappa shape index (κ3) is 0.970. The molecule has 1 saturated carbocycles. The van der Waals surface area contributed by atoms with Crippen molar-refractivity contribution in [3.05, 3.63) is 0 Å². The number of hydrogen-bond donors (Lipinski definition) is 1. The van der Waals surface area contributed by atoms with Crippen molar-refractivity contribution >= 4 is 15.9 Å². The van der Waals surface area contributed by atoms with Gasteiger partial charge in [0.15, 0.2) is 0 Å². The smallest absolute Gasteiger partial charge is 0.0495 e. The molecule has 0 radical (unpaired) electrons. The second-order valence-electron chi connectivity index (χ2n) is 2.29. The Morgan fingerprint density at radius 1 is 1.57 bits per heavy atom. The fourth-order valence-corrected chi connectivity index (χ4v) is 1.25. The van der Waals surface area contributed by atoms with Gasteiger partial charge in [-0.1, -0.05) is 15.9 Å². The first-order chi connectivity index (χ1) is 3.33. The first-order valence-electron chi connectivity index (χ1n) is 2.50. The van der Waals surface area contributed by atoms with E-state index in [9.17, 15) is 0 Å². The first-order valence-corrected chi connectivity index (χ1v) is 3.62. The van der Waals surface area contributed by atoms with E-state index in [1.807, 2.05) is 0 Å². The summed E-state index contributed by atoms with van der Waals surface area (Å²) in [6.07, 6.45) is 2.41. The Balaban J connectivity index is 2.28. The lowest BCUT2D eigenvalue weighted by atomic mass is 10.2. The van der Waals surface area contributed by atoms with E-state index < -0.39 is 0 Å². The molecule has 42 valence electrons. The van der Waals surface area contributed by atoms with Crippen LogP contribution in [0, 0.1) is 5.41 Å². The van der Waals surface area contributed by atoms with Gasteiger partial charge < -0.3 is 5.11 Å². The van der Waals surface area contributed by atoms with Crippen molar-refractivity contribution in [3.8, 4) is 0 Å². The van der Waals surface area contributed by atoms with E-state index in [0.717, 1.165) is 5.33 Å². The summed E-state index contributed by atoms with van der Waals surface area (Å²) in [7, 11) is 0. The summed E-state index contributed by atoms with van der Waals surface area (Å²) < 4.78 is 0. The summed E-state index contributed by atoms with van der Waals surface area (Å²) in [4.78, 5) is 0. The van der Waals surface area contributed by atoms with E-state index >= 15 is 0 Å². The summed E-state index contributed by atoms with van der Waals surface area (Å²) in [5.74, 6) is 0. The average molecular weight is 165 g/mol. The second kappa shape index (κ2) is 1.75. The van der Waals surface area contributed by atoms with E-state index in [-0.39, 0.29) is 0 Å². The summed E-state index contributed by atoms with van der Waals surface area (Å²) >= 11 is 3.33. The highest BCUT2D eigenvalue weighted by Gasteiger charge is 2.40. The Morgan fingerprint density at radius 2 is 2.14 bits per heavy atom. The number of aliphatic hydroxyl groups excluding tert-OH is 1. The Labute approximate surface area is 51.9 Å². The molecule has 1 aliphatic rings. The normalized spacial score (nSPS) is 24.9. The van der Waals surface area contributed by atoms with Gasteiger partial charge in [0.1, 0.15) is 0 Å². The van der Waals surface area contributed by atoms with E-state index in [1.54, 1.807) is 0 Å². The third-order valence-corrected chi connectivity index (χ3v) is 2.77. The van der Waals surface area contributed by atoms with Crippen LogP contribution in [-0.4, -0.2) is 17.0 Å². The first kappa shape index (κ1) is 5.57. The number of halogens is 1. The topological polar surface area (TPSA) is 20.2 Å². The van der Waals surface area contributed by atoms with Gasteiger partial charge in [-0.3, -0.25) is 0 Å². The highest BCUT2D eigenvalue weighted by molar-refractivity contribution is 9.09. The van der Waals surface area contributed by atoms with Crippen molar-refractivity contribution in [1.29, 1.82) is 0 Å². The van der Waals surface area contributed by atoms with Crippen LogP contribution in [0.2, 0.25) is 0 Å². The summed E-state index contributed by atoms with van der Waals surface area (Å²) in [5.41, 5.74) is 0.306. The molecule has 0 aromatic heterocycles. The van der Waals surface area contributed by atoms with Crippen LogP contribution in [0.3, 0.4) is 0 Å². The highest BCUT2D eigenvalue weighted by Crippen LogP contribution is 2.46. The average Bonchev–Trinajstić information content (AvgIpc) is 2.46. The van der Waals surface area contributed by atoms with E-state index in [2.05, 4.69) is 15.9 Å². The van der Waals surface area contributed by atoms with Crippen molar-refractivity contribution in [2.24, 2.45) is 5.41 Å². The molecule has 1 fully saturated rings. The van der Waals surface area contributed by atoms with Gasteiger partial charge in [0.2, 0.25) is 0 Å². The van der Waals surface area contributed by atoms with Crippen LogP contribution in [0.15, 0.2) is 0 Å². The Bertz CT molecular complexity index is 62.5. The van der Waals surface area contributed by atoms with Gasteiger partial charge in [-0.2, -0.15) is 0 Å². The minimum Gasteiger partial charge on any atom is -0.396 e. The molecule has 7 heavy (non-hydrogen) atoms.